The maximum absolute atomic E-state index is 12.3. The fourth-order valence-electron chi connectivity index (χ4n) is 2.39. The predicted molar refractivity (Wildman–Crippen MR) is 73.8 cm³/mol. The minimum atomic E-state index is -0.450. The molecule has 1 atom stereocenters. The molecular weight excluding hydrogens is 240 g/mol. The van der Waals surface area contributed by atoms with Crippen LogP contribution < -0.4 is 0 Å². The molecule has 0 saturated carbocycles. The number of pyridine rings is 1. The number of likely N-dealkylation sites (tertiary alicyclic amines) is 1. The zero-order valence-corrected chi connectivity index (χ0v) is 11.9. The van der Waals surface area contributed by atoms with Crippen LogP contribution in [0, 0.1) is 0 Å². The second kappa shape index (κ2) is 5.59. The van der Waals surface area contributed by atoms with Crippen molar-refractivity contribution < 1.29 is 9.53 Å². The van der Waals surface area contributed by atoms with E-state index in [-0.39, 0.29) is 12.1 Å². The Balaban J connectivity index is 2.15. The predicted octanol–water partition coefficient (Wildman–Crippen LogP) is 3.54. The van der Waals surface area contributed by atoms with Crippen LogP contribution >= 0.6 is 0 Å². The third-order valence-electron chi connectivity index (χ3n) is 3.20. The van der Waals surface area contributed by atoms with E-state index in [1.54, 1.807) is 6.20 Å². The highest BCUT2D eigenvalue weighted by Gasteiger charge is 2.31. The van der Waals surface area contributed by atoms with E-state index in [9.17, 15) is 4.79 Å². The maximum atomic E-state index is 12.3. The van der Waals surface area contributed by atoms with E-state index >= 15 is 0 Å². The van der Waals surface area contributed by atoms with Crippen LogP contribution in [-0.4, -0.2) is 28.1 Å². The first-order chi connectivity index (χ1) is 8.97. The van der Waals surface area contributed by atoms with Gasteiger partial charge in [0, 0.05) is 18.9 Å². The van der Waals surface area contributed by atoms with Gasteiger partial charge >= 0.3 is 6.09 Å². The lowest BCUT2D eigenvalue weighted by Gasteiger charge is -2.36. The van der Waals surface area contributed by atoms with Gasteiger partial charge in [-0.3, -0.25) is 4.98 Å². The molecule has 1 aromatic heterocycles. The van der Waals surface area contributed by atoms with Gasteiger partial charge < -0.3 is 9.64 Å². The van der Waals surface area contributed by atoms with Crippen molar-refractivity contribution in [3.63, 3.8) is 0 Å². The molecule has 2 rings (SSSR count). The van der Waals surface area contributed by atoms with Crippen molar-refractivity contribution >= 4 is 6.09 Å². The minimum Gasteiger partial charge on any atom is -0.444 e. The van der Waals surface area contributed by atoms with Gasteiger partial charge in [-0.1, -0.05) is 6.07 Å². The summed E-state index contributed by atoms with van der Waals surface area (Å²) in [6.07, 6.45) is 6.53. The number of nitrogens with zero attached hydrogens (tertiary/aromatic N) is 2. The van der Waals surface area contributed by atoms with Gasteiger partial charge in [0.05, 0.1) is 6.04 Å². The molecule has 1 fully saturated rings. The van der Waals surface area contributed by atoms with Gasteiger partial charge in [0.15, 0.2) is 0 Å². The van der Waals surface area contributed by atoms with Crippen LogP contribution in [0.2, 0.25) is 0 Å². The molecule has 4 nitrogen and oxygen atoms in total. The molecule has 1 aromatic rings. The summed E-state index contributed by atoms with van der Waals surface area (Å²) in [4.78, 5) is 18.3. The van der Waals surface area contributed by atoms with Crippen molar-refractivity contribution in [2.75, 3.05) is 6.54 Å². The number of hydrogen-bond donors (Lipinski definition) is 0. The molecule has 4 heteroatoms. The quantitative estimate of drug-likeness (QED) is 0.777. The van der Waals surface area contributed by atoms with Gasteiger partial charge in [-0.2, -0.15) is 0 Å². The average Bonchev–Trinajstić information content (AvgIpc) is 2.38. The van der Waals surface area contributed by atoms with E-state index in [0.717, 1.165) is 31.4 Å². The molecule has 1 saturated heterocycles. The lowest BCUT2D eigenvalue weighted by molar-refractivity contribution is 0.00948. The summed E-state index contributed by atoms with van der Waals surface area (Å²) in [7, 11) is 0. The van der Waals surface area contributed by atoms with Gasteiger partial charge in [0.25, 0.3) is 0 Å². The van der Waals surface area contributed by atoms with Crippen LogP contribution in [0.25, 0.3) is 0 Å². The molecule has 0 N–H and O–H groups in total. The zero-order valence-electron chi connectivity index (χ0n) is 11.9. The van der Waals surface area contributed by atoms with E-state index < -0.39 is 5.60 Å². The van der Waals surface area contributed by atoms with Crippen LogP contribution in [0.3, 0.4) is 0 Å². The number of amides is 1. The molecular formula is C15H22N2O2. The van der Waals surface area contributed by atoms with Crippen molar-refractivity contribution in [2.24, 2.45) is 0 Å². The Hall–Kier alpha value is -1.58. The summed E-state index contributed by atoms with van der Waals surface area (Å²) >= 11 is 0. The number of carbonyl (C=O) groups is 1. The monoisotopic (exact) mass is 262 g/mol. The Kier molecular flexibility index (Phi) is 4.08. The van der Waals surface area contributed by atoms with E-state index in [4.69, 9.17) is 4.74 Å². The normalized spacial score (nSPS) is 20.2. The lowest BCUT2D eigenvalue weighted by Crippen LogP contribution is -2.41. The Bertz CT molecular complexity index is 426. The third kappa shape index (κ3) is 3.69. The molecule has 19 heavy (non-hydrogen) atoms. The summed E-state index contributed by atoms with van der Waals surface area (Å²) in [6, 6.07) is 4.04. The third-order valence-corrected chi connectivity index (χ3v) is 3.20. The number of aromatic nitrogens is 1. The van der Waals surface area contributed by atoms with E-state index in [1.165, 1.54) is 0 Å². The largest absolute Gasteiger partial charge is 0.444 e. The summed E-state index contributed by atoms with van der Waals surface area (Å²) in [6.45, 7) is 6.45. The van der Waals surface area contributed by atoms with Crippen molar-refractivity contribution in [1.82, 2.24) is 9.88 Å². The van der Waals surface area contributed by atoms with Crippen molar-refractivity contribution in [3.8, 4) is 0 Å². The smallest absolute Gasteiger partial charge is 0.410 e. The van der Waals surface area contributed by atoms with Crippen LogP contribution in [0.4, 0.5) is 4.79 Å². The molecule has 0 spiro atoms. The second-order valence-electron chi connectivity index (χ2n) is 5.97. The minimum absolute atomic E-state index is 0.0947. The molecule has 0 unspecified atom stereocenters. The summed E-state index contributed by atoms with van der Waals surface area (Å²) in [5, 5.41) is 0. The lowest BCUT2D eigenvalue weighted by atomic mass is 9.97. The molecule has 0 radical (unpaired) electrons. The van der Waals surface area contributed by atoms with Crippen molar-refractivity contribution in [2.45, 2.75) is 51.7 Å². The SMILES string of the molecule is CC(C)(C)OC(=O)N1CCCC[C@H]1c1cccnc1. The fourth-order valence-corrected chi connectivity index (χ4v) is 2.39. The Morgan fingerprint density at radius 3 is 2.84 bits per heavy atom. The van der Waals surface area contributed by atoms with Crippen LogP contribution in [-0.2, 0) is 4.74 Å². The molecule has 104 valence electrons. The number of carbonyl (C=O) groups excluding carboxylic acids is 1. The van der Waals surface area contributed by atoms with Gasteiger partial charge in [0.2, 0.25) is 0 Å². The van der Waals surface area contributed by atoms with Crippen molar-refractivity contribution in [1.29, 1.82) is 0 Å². The standard InChI is InChI=1S/C15H22N2O2/c1-15(2,3)19-14(18)17-10-5-4-8-13(17)12-7-6-9-16-11-12/h6-7,9,11,13H,4-5,8,10H2,1-3H3/t13-/m0/s1. The summed E-state index contributed by atoms with van der Waals surface area (Å²) < 4.78 is 5.50. The Labute approximate surface area is 114 Å². The Morgan fingerprint density at radius 2 is 2.21 bits per heavy atom. The average molecular weight is 262 g/mol. The second-order valence-corrected chi connectivity index (χ2v) is 5.97. The van der Waals surface area contributed by atoms with Gasteiger partial charge in [-0.25, -0.2) is 4.79 Å². The Morgan fingerprint density at radius 1 is 1.42 bits per heavy atom. The number of piperidine rings is 1. The van der Waals surface area contributed by atoms with E-state index in [0.29, 0.717) is 0 Å². The van der Waals surface area contributed by atoms with Gasteiger partial charge in [-0.15, -0.1) is 0 Å². The number of ether oxygens (including phenoxy) is 1. The molecule has 1 aliphatic heterocycles. The summed E-state index contributed by atoms with van der Waals surface area (Å²) in [5.74, 6) is 0. The van der Waals surface area contributed by atoms with Crippen LogP contribution in [0.1, 0.15) is 51.6 Å². The fraction of sp³-hybridized carbons (Fsp3) is 0.600. The van der Waals surface area contributed by atoms with Crippen LogP contribution in [0.5, 0.6) is 0 Å². The van der Waals surface area contributed by atoms with Gasteiger partial charge in [-0.05, 0) is 51.7 Å². The molecule has 0 aliphatic carbocycles. The highest BCUT2D eigenvalue weighted by Crippen LogP contribution is 2.31. The zero-order chi connectivity index (χ0) is 13.9. The molecule has 2 heterocycles. The first-order valence-electron chi connectivity index (χ1n) is 6.87. The maximum Gasteiger partial charge on any atom is 0.410 e. The van der Waals surface area contributed by atoms with Crippen molar-refractivity contribution in [3.05, 3.63) is 30.1 Å². The molecule has 1 amide bonds. The van der Waals surface area contributed by atoms with E-state index in [2.05, 4.69) is 4.98 Å². The van der Waals surface area contributed by atoms with Crippen LogP contribution in [0.15, 0.2) is 24.5 Å². The first kappa shape index (κ1) is 13.8. The molecule has 1 aliphatic rings. The first-order valence-corrected chi connectivity index (χ1v) is 6.87. The highest BCUT2D eigenvalue weighted by molar-refractivity contribution is 5.69. The highest BCUT2D eigenvalue weighted by atomic mass is 16.6. The number of hydrogen-bond acceptors (Lipinski definition) is 3. The molecule has 0 aromatic carbocycles. The topological polar surface area (TPSA) is 42.4 Å². The molecule has 0 bridgehead atoms. The number of rotatable bonds is 1. The van der Waals surface area contributed by atoms with E-state index in [1.807, 2.05) is 44.0 Å². The van der Waals surface area contributed by atoms with Gasteiger partial charge in [0.1, 0.15) is 5.60 Å². The summed E-state index contributed by atoms with van der Waals surface area (Å²) in [5.41, 5.74) is 0.640.